The number of carbonyl (C=O) groups excluding carboxylic acids is 1. The average Bonchev–Trinajstić information content (AvgIpc) is 3.02. The Balaban J connectivity index is 1.80. The van der Waals surface area contributed by atoms with Gasteiger partial charge in [0.25, 0.3) is 0 Å². The molecule has 0 N–H and O–H groups in total. The summed E-state index contributed by atoms with van der Waals surface area (Å²) in [6.07, 6.45) is 3.52. The van der Waals surface area contributed by atoms with Crippen LogP contribution in [0.2, 0.25) is 0 Å². The molecule has 0 atom stereocenters. The van der Waals surface area contributed by atoms with Crippen LogP contribution in [0.25, 0.3) is 6.08 Å². The summed E-state index contributed by atoms with van der Waals surface area (Å²) in [5.41, 5.74) is 0.402. The number of carbonyl (C=O) groups is 1. The number of thiophene rings is 1. The monoisotopic (exact) mass is 263 g/mol. The van der Waals surface area contributed by atoms with E-state index in [9.17, 15) is 4.79 Å². The molecule has 3 rings (SSSR count). The molecular formula is C13H13NO3S. The highest BCUT2D eigenvalue weighted by Gasteiger charge is 2.30. The van der Waals surface area contributed by atoms with E-state index in [1.54, 1.807) is 17.4 Å². The van der Waals surface area contributed by atoms with Crippen LogP contribution < -0.4 is 0 Å². The third-order valence-corrected chi connectivity index (χ3v) is 3.85. The Morgan fingerprint density at radius 3 is 2.94 bits per heavy atom. The average molecular weight is 263 g/mol. The lowest BCUT2D eigenvalue weighted by Crippen LogP contribution is -2.24. The van der Waals surface area contributed by atoms with Crippen molar-refractivity contribution >= 4 is 29.3 Å². The van der Waals surface area contributed by atoms with E-state index >= 15 is 0 Å². The Kier molecular flexibility index (Phi) is 3.25. The van der Waals surface area contributed by atoms with E-state index in [4.69, 9.17) is 9.47 Å². The predicted octanol–water partition coefficient (Wildman–Crippen LogP) is 2.47. The van der Waals surface area contributed by atoms with E-state index in [1.165, 1.54) is 0 Å². The number of nitrogens with zero attached hydrogens (tertiary/aromatic N) is 1. The van der Waals surface area contributed by atoms with Crippen molar-refractivity contribution in [2.24, 2.45) is 10.9 Å². The van der Waals surface area contributed by atoms with Gasteiger partial charge in [0.15, 0.2) is 5.70 Å². The maximum absolute atomic E-state index is 11.7. The minimum atomic E-state index is -0.343. The van der Waals surface area contributed by atoms with Gasteiger partial charge in [-0.2, -0.15) is 0 Å². The molecule has 1 aromatic rings. The summed E-state index contributed by atoms with van der Waals surface area (Å²) in [6, 6.07) is 3.90. The SMILES string of the molecule is O=C1OC(C2CCOCC2)=N/C1=C/c1cccs1. The number of ether oxygens (including phenoxy) is 2. The molecule has 1 fully saturated rings. The number of cyclic esters (lactones) is 1. The molecule has 2 aliphatic rings. The zero-order valence-corrected chi connectivity index (χ0v) is 10.6. The van der Waals surface area contributed by atoms with Gasteiger partial charge in [-0.05, 0) is 30.4 Å². The lowest BCUT2D eigenvalue weighted by atomic mass is 10.0. The summed E-state index contributed by atoms with van der Waals surface area (Å²) in [5.74, 6) is 0.438. The van der Waals surface area contributed by atoms with E-state index in [2.05, 4.69) is 4.99 Å². The third-order valence-electron chi connectivity index (χ3n) is 3.03. The van der Waals surface area contributed by atoms with Gasteiger partial charge in [-0.3, -0.25) is 0 Å². The van der Waals surface area contributed by atoms with Crippen molar-refractivity contribution < 1.29 is 14.3 Å². The molecule has 1 saturated heterocycles. The molecule has 0 spiro atoms. The van der Waals surface area contributed by atoms with Gasteiger partial charge in [0.05, 0.1) is 0 Å². The van der Waals surface area contributed by atoms with Crippen molar-refractivity contribution in [1.82, 2.24) is 0 Å². The highest BCUT2D eigenvalue weighted by molar-refractivity contribution is 7.10. The van der Waals surface area contributed by atoms with Gasteiger partial charge in [0.2, 0.25) is 5.90 Å². The molecule has 3 heterocycles. The molecule has 0 bridgehead atoms. The third kappa shape index (κ3) is 2.37. The molecule has 0 amide bonds. The number of rotatable bonds is 2. The fourth-order valence-electron chi connectivity index (χ4n) is 2.05. The standard InChI is InChI=1S/C13H13NO3S/c15-13-11(8-10-2-1-7-18-10)14-12(17-13)9-3-5-16-6-4-9/h1-2,7-9H,3-6H2/b11-8+. The lowest BCUT2D eigenvalue weighted by molar-refractivity contribution is -0.130. The molecule has 94 valence electrons. The van der Waals surface area contributed by atoms with Gasteiger partial charge in [0.1, 0.15) is 0 Å². The van der Waals surface area contributed by atoms with Gasteiger partial charge in [0, 0.05) is 24.0 Å². The van der Waals surface area contributed by atoms with E-state index in [0.717, 1.165) is 17.7 Å². The number of aliphatic imine (C=N–C) groups is 1. The lowest BCUT2D eigenvalue weighted by Gasteiger charge is -2.20. The minimum absolute atomic E-state index is 0.219. The van der Waals surface area contributed by atoms with Gasteiger partial charge < -0.3 is 9.47 Å². The number of esters is 1. The van der Waals surface area contributed by atoms with Crippen molar-refractivity contribution in [3.05, 3.63) is 28.1 Å². The van der Waals surface area contributed by atoms with E-state index < -0.39 is 0 Å². The Hall–Kier alpha value is -1.46. The molecule has 0 unspecified atom stereocenters. The van der Waals surface area contributed by atoms with Crippen molar-refractivity contribution in [3.63, 3.8) is 0 Å². The second kappa shape index (κ2) is 5.04. The van der Waals surface area contributed by atoms with E-state index in [-0.39, 0.29) is 11.9 Å². The molecule has 0 aliphatic carbocycles. The van der Waals surface area contributed by atoms with Crippen LogP contribution in [-0.4, -0.2) is 25.1 Å². The smallest absolute Gasteiger partial charge is 0.363 e. The molecule has 2 aliphatic heterocycles. The van der Waals surface area contributed by atoms with Crippen LogP contribution in [0.1, 0.15) is 17.7 Å². The van der Waals surface area contributed by atoms with Gasteiger partial charge in [-0.1, -0.05) is 6.07 Å². The normalized spacial score (nSPS) is 23.2. The van der Waals surface area contributed by atoms with Crippen LogP contribution in [0.4, 0.5) is 0 Å². The van der Waals surface area contributed by atoms with Crippen molar-refractivity contribution in [1.29, 1.82) is 0 Å². The molecule has 18 heavy (non-hydrogen) atoms. The number of hydrogen-bond donors (Lipinski definition) is 0. The first kappa shape index (κ1) is 11.6. The van der Waals surface area contributed by atoms with Crippen LogP contribution in [-0.2, 0) is 14.3 Å². The van der Waals surface area contributed by atoms with Crippen LogP contribution in [0, 0.1) is 5.92 Å². The zero-order valence-electron chi connectivity index (χ0n) is 9.80. The molecule has 0 aromatic carbocycles. The first-order chi connectivity index (χ1) is 8.83. The summed E-state index contributed by atoms with van der Waals surface area (Å²) in [5, 5.41) is 1.97. The fraction of sp³-hybridized carbons (Fsp3) is 0.385. The van der Waals surface area contributed by atoms with Crippen molar-refractivity contribution in [2.75, 3.05) is 13.2 Å². The Morgan fingerprint density at radius 2 is 2.22 bits per heavy atom. The fourth-order valence-corrected chi connectivity index (χ4v) is 2.70. The van der Waals surface area contributed by atoms with Crippen LogP contribution >= 0.6 is 11.3 Å². The van der Waals surface area contributed by atoms with Crippen LogP contribution in [0.15, 0.2) is 28.2 Å². The molecule has 1 aromatic heterocycles. The molecule has 0 saturated carbocycles. The Labute approximate surface area is 109 Å². The van der Waals surface area contributed by atoms with Crippen molar-refractivity contribution in [2.45, 2.75) is 12.8 Å². The summed E-state index contributed by atoms with van der Waals surface area (Å²) >= 11 is 1.58. The summed E-state index contributed by atoms with van der Waals surface area (Å²) in [4.78, 5) is 17.1. The molecule has 0 radical (unpaired) electrons. The van der Waals surface area contributed by atoms with E-state index in [1.807, 2.05) is 17.5 Å². The highest BCUT2D eigenvalue weighted by atomic mass is 32.1. The van der Waals surface area contributed by atoms with E-state index in [0.29, 0.717) is 24.8 Å². The minimum Gasteiger partial charge on any atom is -0.406 e. The highest BCUT2D eigenvalue weighted by Crippen LogP contribution is 2.25. The Bertz CT molecular complexity index is 498. The maximum Gasteiger partial charge on any atom is 0.363 e. The summed E-state index contributed by atoms with van der Waals surface area (Å²) in [6.45, 7) is 1.43. The largest absolute Gasteiger partial charge is 0.406 e. The first-order valence-electron chi connectivity index (χ1n) is 5.96. The maximum atomic E-state index is 11.7. The first-order valence-corrected chi connectivity index (χ1v) is 6.84. The van der Waals surface area contributed by atoms with Crippen molar-refractivity contribution in [3.8, 4) is 0 Å². The molecule has 4 nitrogen and oxygen atoms in total. The van der Waals surface area contributed by atoms with Crippen LogP contribution in [0.5, 0.6) is 0 Å². The number of hydrogen-bond acceptors (Lipinski definition) is 5. The second-order valence-corrected chi connectivity index (χ2v) is 5.25. The van der Waals surface area contributed by atoms with Gasteiger partial charge in [-0.25, -0.2) is 9.79 Å². The zero-order chi connectivity index (χ0) is 12.4. The predicted molar refractivity (Wildman–Crippen MR) is 69.4 cm³/mol. The Morgan fingerprint density at radius 1 is 1.39 bits per heavy atom. The summed E-state index contributed by atoms with van der Waals surface area (Å²) in [7, 11) is 0. The van der Waals surface area contributed by atoms with Gasteiger partial charge >= 0.3 is 5.97 Å². The quantitative estimate of drug-likeness (QED) is 0.608. The van der Waals surface area contributed by atoms with Crippen LogP contribution in [0.3, 0.4) is 0 Å². The van der Waals surface area contributed by atoms with Gasteiger partial charge in [-0.15, -0.1) is 11.3 Å². The second-order valence-electron chi connectivity index (χ2n) is 4.27. The topological polar surface area (TPSA) is 47.9 Å². The summed E-state index contributed by atoms with van der Waals surface area (Å²) < 4.78 is 10.5. The molecular weight excluding hydrogens is 250 g/mol. The molecule has 5 heteroatoms.